The summed E-state index contributed by atoms with van der Waals surface area (Å²) >= 11 is 1.26. The van der Waals surface area contributed by atoms with Gasteiger partial charge in [0.05, 0.1) is 11.3 Å². The molecule has 0 aliphatic carbocycles. The van der Waals surface area contributed by atoms with E-state index in [4.69, 9.17) is 10.8 Å². The summed E-state index contributed by atoms with van der Waals surface area (Å²) in [6.45, 7) is 1.12. The van der Waals surface area contributed by atoms with Crippen LogP contribution in [-0.4, -0.2) is 46.6 Å². The van der Waals surface area contributed by atoms with Gasteiger partial charge in [-0.1, -0.05) is 12.1 Å². The standard InChI is InChI=1S/C16H20N2O4S/c17-14(19)10-23-13-4-2-1-3-12(13)16(22)18-7-5-11(6-8-18)9-15(20)21/h1-4,11H,5-10H2,(H2,17,19)(H,20,21). The first kappa shape index (κ1) is 17.3. The summed E-state index contributed by atoms with van der Waals surface area (Å²) in [5, 5.41) is 8.84. The zero-order valence-corrected chi connectivity index (χ0v) is 13.6. The molecular formula is C16H20N2O4S. The number of primary amides is 1. The molecule has 1 fully saturated rings. The zero-order chi connectivity index (χ0) is 16.8. The molecule has 2 amide bonds. The van der Waals surface area contributed by atoms with Gasteiger partial charge in [0.25, 0.3) is 5.91 Å². The van der Waals surface area contributed by atoms with E-state index in [-0.39, 0.29) is 24.0 Å². The minimum Gasteiger partial charge on any atom is -0.481 e. The quantitative estimate of drug-likeness (QED) is 0.768. The number of carbonyl (C=O) groups excluding carboxylic acids is 2. The molecule has 2 rings (SSSR count). The van der Waals surface area contributed by atoms with Gasteiger partial charge in [0.2, 0.25) is 5.91 Å². The molecule has 0 spiro atoms. The molecule has 23 heavy (non-hydrogen) atoms. The topological polar surface area (TPSA) is 101 Å². The molecule has 0 aromatic heterocycles. The fourth-order valence-corrected chi connectivity index (χ4v) is 3.46. The largest absolute Gasteiger partial charge is 0.481 e. The van der Waals surface area contributed by atoms with Crippen LogP contribution >= 0.6 is 11.8 Å². The number of piperidine rings is 1. The Bertz CT molecular complexity index is 597. The predicted octanol–water partition coefficient (Wildman–Crippen LogP) is 1.59. The van der Waals surface area contributed by atoms with Crippen LogP contribution in [0.5, 0.6) is 0 Å². The first-order valence-electron chi connectivity index (χ1n) is 7.48. The maximum atomic E-state index is 12.7. The monoisotopic (exact) mass is 336 g/mol. The van der Waals surface area contributed by atoms with Crippen LogP contribution < -0.4 is 5.73 Å². The molecule has 1 aliphatic heterocycles. The van der Waals surface area contributed by atoms with Crippen molar-refractivity contribution in [2.75, 3.05) is 18.8 Å². The van der Waals surface area contributed by atoms with Crippen LogP contribution in [0.4, 0.5) is 0 Å². The number of benzene rings is 1. The van der Waals surface area contributed by atoms with Crippen LogP contribution in [0.15, 0.2) is 29.2 Å². The van der Waals surface area contributed by atoms with E-state index in [1.807, 2.05) is 6.07 Å². The van der Waals surface area contributed by atoms with Gasteiger partial charge in [0.1, 0.15) is 0 Å². The number of carbonyl (C=O) groups is 3. The minimum absolute atomic E-state index is 0.0775. The van der Waals surface area contributed by atoms with E-state index in [2.05, 4.69) is 0 Å². The van der Waals surface area contributed by atoms with Gasteiger partial charge >= 0.3 is 5.97 Å². The number of nitrogens with zero attached hydrogens (tertiary/aromatic N) is 1. The van der Waals surface area contributed by atoms with Crippen molar-refractivity contribution in [1.29, 1.82) is 0 Å². The summed E-state index contributed by atoms with van der Waals surface area (Å²) in [7, 11) is 0. The van der Waals surface area contributed by atoms with Crippen molar-refractivity contribution in [3.63, 3.8) is 0 Å². The van der Waals surface area contributed by atoms with Crippen molar-refractivity contribution in [3.8, 4) is 0 Å². The molecule has 3 N–H and O–H groups in total. The van der Waals surface area contributed by atoms with Crippen molar-refractivity contribution in [2.45, 2.75) is 24.2 Å². The third-order valence-electron chi connectivity index (χ3n) is 3.85. The number of aliphatic carboxylic acids is 1. The van der Waals surface area contributed by atoms with Crippen molar-refractivity contribution in [3.05, 3.63) is 29.8 Å². The lowest BCUT2D eigenvalue weighted by Crippen LogP contribution is -2.39. The maximum Gasteiger partial charge on any atom is 0.303 e. The van der Waals surface area contributed by atoms with Crippen molar-refractivity contribution >= 4 is 29.5 Å². The number of rotatable bonds is 6. The summed E-state index contributed by atoms with van der Waals surface area (Å²) in [4.78, 5) is 36.9. The van der Waals surface area contributed by atoms with E-state index in [9.17, 15) is 14.4 Å². The Kier molecular flexibility index (Phi) is 6.04. The molecule has 7 heteroatoms. The number of hydrogen-bond acceptors (Lipinski definition) is 4. The van der Waals surface area contributed by atoms with Gasteiger partial charge < -0.3 is 15.7 Å². The summed E-state index contributed by atoms with van der Waals surface area (Å²) < 4.78 is 0. The van der Waals surface area contributed by atoms with E-state index < -0.39 is 11.9 Å². The predicted molar refractivity (Wildman–Crippen MR) is 87.2 cm³/mol. The molecular weight excluding hydrogens is 316 g/mol. The number of nitrogens with two attached hydrogens (primary N) is 1. The van der Waals surface area contributed by atoms with Crippen LogP contribution in [-0.2, 0) is 9.59 Å². The minimum atomic E-state index is -0.789. The second-order valence-electron chi connectivity index (χ2n) is 5.58. The third-order valence-corrected chi connectivity index (χ3v) is 4.95. The highest BCUT2D eigenvalue weighted by Gasteiger charge is 2.26. The lowest BCUT2D eigenvalue weighted by molar-refractivity contribution is -0.138. The Balaban J connectivity index is 2.01. The Morgan fingerprint density at radius 3 is 2.48 bits per heavy atom. The molecule has 1 aromatic rings. The number of likely N-dealkylation sites (tertiary alicyclic amines) is 1. The lowest BCUT2D eigenvalue weighted by Gasteiger charge is -2.31. The molecule has 1 saturated heterocycles. The van der Waals surface area contributed by atoms with E-state index in [0.29, 0.717) is 31.5 Å². The van der Waals surface area contributed by atoms with Crippen molar-refractivity contribution < 1.29 is 19.5 Å². The van der Waals surface area contributed by atoms with E-state index in [1.165, 1.54) is 11.8 Å². The fourth-order valence-electron chi connectivity index (χ4n) is 2.68. The fraction of sp³-hybridized carbons (Fsp3) is 0.438. The Hall–Kier alpha value is -2.02. The van der Waals surface area contributed by atoms with Crippen LogP contribution in [0.3, 0.4) is 0 Å². The molecule has 0 atom stereocenters. The van der Waals surface area contributed by atoms with Crippen LogP contribution in [0, 0.1) is 5.92 Å². The SMILES string of the molecule is NC(=O)CSc1ccccc1C(=O)N1CCC(CC(=O)O)CC1. The molecule has 0 unspecified atom stereocenters. The summed E-state index contributed by atoms with van der Waals surface area (Å²) in [5.41, 5.74) is 5.73. The molecule has 1 aliphatic rings. The van der Waals surface area contributed by atoms with E-state index >= 15 is 0 Å². The van der Waals surface area contributed by atoms with Gasteiger partial charge in [0.15, 0.2) is 0 Å². The molecule has 1 heterocycles. The second-order valence-corrected chi connectivity index (χ2v) is 6.60. The van der Waals surface area contributed by atoms with E-state index in [0.717, 1.165) is 4.90 Å². The summed E-state index contributed by atoms with van der Waals surface area (Å²) in [6.07, 6.45) is 1.57. The summed E-state index contributed by atoms with van der Waals surface area (Å²) in [5.74, 6) is -1.03. The molecule has 124 valence electrons. The average Bonchev–Trinajstić information content (AvgIpc) is 2.52. The van der Waals surface area contributed by atoms with Crippen LogP contribution in [0.1, 0.15) is 29.6 Å². The highest BCUT2D eigenvalue weighted by Crippen LogP contribution is 2.26. The van der Waals surface area contributed by atoms with Crippen LogP contribution in [0.25, 0.3) is 0 Å². The molecule has 6 nitrogen and oxygen atoms in total. The first-order chi connectivity index (χ1) is 11.0. The Labute approximate surface area is 139 Å². The Morgan fingerprint density at radius 2 is 1.87 bits per heavy atom. The smallest absolute Gasteiger partial charge is 0.303 e. The lowest BCUT2D eigenvalue weighted by atomic mass is 9.93. The molecule has 0 saturated carbocycles. The average molecular weight is 336 g/mol. The van der Waals surface area contributed by atoms with Crippen LogP contribution in [0.2, 0.25) is 0 Å². The van der Waals surface area contributed by atoms with Gasteiger partial charge in [-0.15, -0.1) is 11.8 Å². The highest BCUT2D eigenvalue weighted by molar-refractivity contribution is 8.00. The Morgan fingerprint density at radius 1 is 1.22 bits per heavy atom. The number of carboxylic acid groups (broad SMARTS) is 1. The molecule has 1 aromatic carbocycles. The highest BCUT2D eigenvalue weighted by atomic mass is 32.2. The number of hydrogen-bond donors (Lipinski definition) is 2. The van der Waals surface area contributed by atoms with Gasteiger partial charge in [-0.25, -0.2) is 0 Å². The van der Waals surface area contributed by atoms with Gasteiger partial charge in [-0.05, 0) is 30.9 Å². The molecule has 0 radical (unpaired) electrons. The third kappa shape index (κ3) is 4.99. The van der Waals surface area contributed by atoms with Gasteiger partial charge in [-0.2, -0.15) is 0 Å². The number of thioether (sulfide) groups is 1. The van der Waals surface area contributed by atoms with Gasteiger partial charge in [-0.3, -0.25) is 14.4 Å². The number of amides is 2. The summed E-state index contributed by atoms with van der Waals surface area (Å²) in [6, 6.07) is 7.16. The molecule has 0 bridgehead atoms. The maximum absolute atomic E-state index is 12.7. The van der Waals surface area contributed by atoms with Crippen molar-refractivity contribution in [2.24, 2.45) is 11.7 Å². The second kappa shape index (κ2) is 8.01. The van der Waals surface area contributed by atoms with E-state index in [1.54, 1.807) is 23.1 Å². The normalized spacial score (nSPS) is 15.4. The van der Waals surface area contributed by atoms with Gasteiger partial charge in [0, 0.05) is 24.4 Å². The van der Waals surface area contributed by atoms with Crippen molar-refractivity contribution in [1.82, 2.24) is 4.90 Å². The first-order valence-corrected chi connectivity index (χ1v) is 8.47. The zero-order valence-electron chi connectivity index (χ0n) is 12.7. The number of carboxylic acids is 1.